The lowest BCUT2D eigenvalue weighted by Crippen LogP contribution is -2.43. The van der Waals surface area contributed by atoms with E-state index >= 15 is 0 Å². The minimum atomic E-state index is 0.0621. The zero-order valence-corrected chi connectivity index (χ0v) is 13.6. The summed E-state index contributed by atoms with van der Waals surface area (Å²) in [7, 11) is 0. The second kappa shape index (κ2) is 7.42. The Balaban J connectivity index is 1.62. The van der Waals surface area contributed by atoms with Gasteiger partial charge < -0.3 is 10.3 Å². The number of H-pyrrole nitrogens is 1. The number of hydrogen-bond donors (Lipinski definition) is 2. The van der Waals surface area contributed by atoms with Crippen molar-refractivity contribution in [1.29, 1.82) is 0 Å². The summed E-state index contributed by atoms with van der Waals surface area (Å²) in [6.45, 7) is 3.71. The van der Waals surface area contributed by atoms with Crippen molar-refractivity contribution in [1.82, 2.24) is 14.9 Å². The minimum absolute atomic E-state index is 0.0621. The van der Waals surface area contributed by atoms with Gasteiger partial charge in [0.2, 0.25) is 5.91 Å². The number of carbonyl (C=O) groups excluding carboxylic acids is 1. The molecule has 1 unspecified atom stereocenters. The van der Waals surface area contributed by atoms with Crippen LogP contribution < -0.4 is 5.32 Å². The Bertz CT molecular complexity index is 638. The third-order valence-electron chi connectivity index (χ3n) is 4.52. The molecule has 1 amide bonds. The number of nitrogens with one attached hydrogen (secondary N) is 2. The van der Waals surface area contributed by atoms with E-state index in [4.69, 9.17) is 0 Å². The van der Waals surface area contributed by atoms with E-state index in [9.17, 15) is 4.79 Å². The smallest absolute Gasteiger partial charge is 0.238 e. The monoisotopic (exact) mass is 312 g/mol. The quantitative estimate of drug-likeness (QED) is 0.890. The Labute approximate surface area is 137 Å². The second-order valence-corrected chi connectivity index (χ2v) is 6.12. The van der Waals surface area contributed by atoms with E-state index < -0.39 is 0 Å². The summed E-state index contributed by atoms with van der Waals surface area (Å²) >= 11 is 0. The number of benzene rings is 1. The van der Waals surface area contributed by atoms with Gasteiger partial charge in [0.25, 0.3) is 0 Å². The lowest BCUT2D eigenvalue weighted by molar-refractivity contribution is -0.118. The molecule has 23 heavy (non-hydrogen) atoms. The number of amides is 1. The largest absolute Gasteiger partial charge is 0.345 e. The average Bonchev–Trinajstić information content (AvgIpc) is 3.10. The molecule has 0 bridgehead atoms. The first-order valence-electron chi connectivity index (χ1n) is 8.39. The molecule has 2 N–H and O–H groups in total. The van der Waals surface area contributed by atoms with Crippen LogP contribution in [0.4, 0.5) is 5.69 Å². The van der Waals surface area contributed by atoms with E-state index in [1.165, 1.54) is 19.3 Å². The fourth-order valence-electron chi connectivity index (χ4n) is 3.29. The van der Waals surface area contributed by atoms with Crippen molar-refractivity contribution in [3.63, 3.8) is 0 Å². The standard InChI is InChI=1S/C18H24N4O/c1-2-16-8-3-4-9-22(16)12-18(23)21-15-7-5-6-14(10-15)17-11-19-13-20-17/h5-7,10-11,13,16H,2-4,8-9,12H2,1H3,(H,19,20)(H,21,23). The van der Waals surface area contributed by atoms with E-state index in [-0.39, 0.29) is 5.91 Å². The number of carbonyl (C=O) groups is 1. The van der Waals surface area contributed by atoms with Crippen molar-refractivity contribution < 1.29 is 4.79 Å². The summed E-state index contributed by atoms with van der Waals surface area (Å²) in [5, 5.41) is 3.02. The number of piperidine rings is 1. The molecule has 0 saturated carbocycles. The Morgan fingerprint density at radius 1 is 1.43 bits per heavy atom. The van der Waals surface area contributed by atoms with Crippen molar-refractivity contribution in [2.24, 2.45) is 0 Å². The zero-order chi connectivity index (χ0) is 16.1. The Morgan fingerprint density at radius 3 is 3.13 bits per heavy atom. The van der Waals surface area contributed by atoms with Crippen LogP contribution in [-0.2, 0) is 4.79 Å². The van der Waals surface area contributed by atoms with Gasteiger partial charge in [-0.15, -0.1) is 0 Å². The number of rotatable bonds is 5. The van der Waals surface area contributed by atoms with Crippen LogP contribution in [-0.4, -0.2) is 39.9 Å². The fraction of sp³-hybridized carbons (Fsp3) is 0.444. The maximum atomic E-state index is 12.4. The zero-order valence-electron chi connectivity index (χ0n) is 13.6. The van der Waals surface area contributed by atoms with Crippen molar-refractivity contribution in [3.8, 4) is 11.3 Å². The number of anilines is 1. The molecule has 0 aliphatic carbocycles. The molecule has 1 fully saturated rings. The first-order chi connectivity index (χ1) is 11.3. The summed E-state index contributed by atoms with van der Waals surface area (Å²) in [4.78, 5) is 21.8. The van der Waals surface area contributed by atoms with Gasteiger partial charge in [-0.3, -0.25) is 9.69 Å². The number of aromatic amines is 1. The van der Waals surface area contributed by atoms with E-state index in [1.54, 1.807) is 12.5 Å². The highest BCUT2D eigenvalue weighted by Crippen LogP contribution is 2.21. The van der Waals surface area contributed by atoms with Gasteiger partial charge in [-0.25, -0.2) is 4.98 Å². The molecule has 1 saturated heterocycles. The summed E-state index contributed by atoms with van der Waals surface area (Å²) < 4.78 is 0. The number of imidazole rings is 1. The third-order valence-corrected chi connectivity index (χ3v) is 4.52. The number of aromatic nitrogens is 2. The van der Waals surface area contributed by atoms with Crippen LogP contribution in [0.25, 0.3) is 11.3 Å². The maximum absolute atomic E-state index is 12.4. The van der Waals surface area contributed by atoms with Gasteiger partial charge in [0, 0.05) is 17.3 Å². The van der Waals surface area contributed by atoms with Crippen LogP contribution in [0.3, 0.4) is 0 Å². The highest BCUT2D eigenvalue weighted by Gasteiger charge is 2.22. The van der Waals surface area contributed by atoms with Gasteiger partial charge in [0.05, 0.1) is 24.8 Å². The van der Waals surface area contributed by atoms with E-state index in [2.05, 4.69) is 27.1 Å². The molecule has 2 heterocycles. The topological polar surface area (TPSA) is 61.0 Å². The van der Waals surface area contributed by atoms with Crippen molar-refractivity contribution in [3.05, 3.63) is 36.8 Å². The Kier molecular flexibility index (Phi) is 5.08. The molecule has 0 spiro atoms. The van der Waals surface area contributed by atoms with Gasteiger partial charge in [-0.1, -0.05) is 25.5 Å². The third kappa shape index (κ3) is 3.99. The first kappa shape index (κ1) is 15.7. The van der Waals surface area contributed by atoms with Gasteiger partial charge in [0.15, 0.2) is 0 Å². The minimum Gasteiger partial charge on any atom is -0.345 e. The predicted octanol–water partition coefficient (Wildman–Crippen LogP) is 3.28. The Hall–Kier alpha value is -2.14. The van der Waals surface area contributed by atoms with Crippen molar-refractivity contribution >= 4 is 11.6 Å². The van der Waals surface area contributed by atoms with Crippen LogP contribution in [0.1, 0.15) is 32.6 Å². The summed E-state index contributed by atoms with van der Waals surface area (Å²) in [6, 6.07) is 8.39. The molecular formula is C18H24N4O. The molecule has 2 aromatic rings. The number of nitrogens with zero attached hydrogens (tertiary/aromatic N) is 2. The lowest BCUT2D eigenvalue weighted by atomic mass is 10.00. The maximum Gasteiger partial charge on any atom is 0.238 e. The number of likely N-dealkylation sites (tertiary alicyclic amines) is 1. The highest BCUT2D eigenvalue weighted by molar-refractivity contribution is 5.92. The summed E-state index contributed by atoms with van der Waals surface area (Å²) in [5.74, 6) is 0.0621. The first-order valence-corrected chi connectivity index (χ1v) is 8.39. The average molecular weight is 312 g/mol. The highest BCUT2D eigenvalue weighted by atomic mass is 16.2. The van der Waals surface area contributed by atoms with Crippen LogP contribution in [0, 0.1) is 0 Å². The molecule has 0 radical (unpaired) electrons. The van der Waals surface area contributed by atoms with E-state index in [0.717, 1.165) is 29.9 Å². The molecule has 1 atom stereocenters. The SMILES string of the molecule is CCC1CCCCN1CC(=O)Nc1cccc(-c2cnc[nH]2)c1. The normalized spacial score (nSPS) is 18.7. The molecule has 5 heteroatoms. The summed E-state index contributed by atoms with van der Waals surface area (Å²) in [5.41, 5.74) is 2.79. The van der Waals surface area contributed by atoms with Gasteiger partial charge in [-0.05, 0) is 37.9 Å². The Morgan fingerprint density at radius 2 is 2.35 bits per heavy atom. The van der Waals surface area contributed by atoms with Gasteiger partial charge in [-0.2, -0.15) is 0 Å². The molecule has 1 aliphatic heterocycles. The summed E-state index contributed by atoms with van der Waals surface area (Å²) in [6.07, 6.45) is 8.23. The lowest BCUT2D eigenvalue weighted by Gasteiger charge is -2.34. The molecule has 3 rings (SSSR count). The molecule has 5 nitrogen and oxygen atoms in total. The predicted molar refractivity (Wildman–Crippen MR) is 92.2 cm³/mol. The number of hydrogen-bond acceptors (Lipinski definition) is 3. The molecule has 1 aromatic heterocycles. The molecule has 1 aromatic carbocycles. The van der Waals surface area contributed by atoms with Crippen molar-refractivity contribution in [2.45, 2.75) is 38.6 Å². The van der Waals surface area contributed by atoms with Gasteiger partial charge in [0.1, 0.15) is 0 Å². The van der Waals surface area contributed by atoms with Crippen LogP contribution in [0.2, 0.25) is 0 Å². The second-order valence-electron chi connectivity index (χ2n) is 6.12. The van der Waals surface area contributed by atoms with E-state index in [0.29, 0.717) is 12.6 Å². The molecule has 1 aliphatic rings. The fourth-order valence-corrected chi connectivity index (χ4v) is 3.29. The van der Waals surface area contributed by atoms with Crippen LogP contribution >= 0.6 is 0 Å². The van der Waals surface area contributed by atoms with Crippen LogP contribution in [0.5, 0.6) is 0 Å². The van der Waals surface area contributed by atoms with Gasteiger partial charge >= 0.3 is 0 Å². The van der Waals surface area contributed by atoms with E-state index in [1.807, 2.05) is 24.3 Å². The molecule has 122 valence electrons. The van der Waals surface area contributed by atoms with Crippen LogP contribution in [0.15, 0.2) is 36.8 Å². The van der Waals surface area contributed by atoms with Crippen molar-refractivity contribution in [2.75, 3.05) is 18.4 Å². The molecular weight excluding hydrogens is 288 g/mol.